The van der Waals surface area contributed by atoms with Crippen LogP contribution >= 0.6 is 0 Å². The second kappa shape index (κ2) is 8.87. The number of rotatable bonds is 6. The third-order valence-electron chi connectivity index (χ3n) is 5.82. The molecule has 1 aliphatic rings. The molecule has 3 aromatic rings. The van der Waals surface area contributed by atoms with Gasteiger partial charge in [0.25, 0.3) is 0 Å². The van der Waals surface area contributed by atoms with E-state index in [1.807, 2.05) is 42.0 Å². The summed E-state index contributed by atoms with van der Waals surface area (Å²) >= 11 is 0. The number of anilines is 1. The number of aryl methyl sites for hydroxylation is 3. The van der Waals surface area contributed by atoms with Crippen molar-refractivity contribution in [3.8, 4) is 0 Å². The Morgan fingerprint density at radius 3 is 2.59 bits per heavy atom. The van der Waals surface area contributed by atoms with Crippen molar-refractivity contribution in [1.29, 1.82) is 0 Å². The van der Waals surface area contributed by atoms with Gasteiger partial charge in [-0.1, -0.05) is 17.3 Å². The van der Waals surface area contributed by atoms with E-state index in [0.29, 0.717) is 37.3 Å². The van der Waals surface area contributed by atoms with Crippen LogP contribution in [0.1, 0.15) is 35.7 Å². The molecule has 9 nitrogen and oxygen atoms in total. The van der Waals surface area contributed by atoms with E-state index >= 15 is 0 Å². The second-order valence-electron chi connectivity index (χ2n) is 8.14. The van der Waals surface area contributed by atoms with Gasteiger partial charge in [0.15, 0.2) is 5.76 Å². The molecule has 1 aliphatic heterocycles. The van der Waals surface area contributed by atoms with Crippen LogP contribution in [-0.4, -0.2) is 46.4 Å². The maximum absolute atomic E-state index is 13.1. The van der Waals surface area contributed by atoms with Crippen LogP contribution in [0, 0.1) is 26.7 Å². The molecule has 1 aromatic carbocycles. The fraction of sp³-hybridized carbons (Fsp3) is 0.409. The minimum Gasteiger partial charge on any atom is -0.360 e. The number of nitrogens with zero attached hydrogens (tertiary/aromatic N) is 4. The van der Waals surface area contributed by atoms with Crippen LogP contribution in [-0.2, 0) is 21.4 Å². The molecule has 1 unspecified atom stereocenters. The summed E-state index contributed by atoms with van der Waals surface area (Å²) in [5, 5.41) is 6.69. The number of hydrogen-bond donors (Lipinski definition) is 1. The molecule has 0 radical (unpaired) electrons. The number of carbonyl (C=O) groups excluding carboxylic acids is 1. The Morgan fingerprint density at radius 1 is 1.22 bits per heavy atom. The number of imidazole rings is 1. The molecule has 0 aliphatic carbocycles. The molecule has 1 atom stereocenters. The molecule has 0 bridgehead atoms. The van der Waals surface area contributed by atoms with E-state index in [-0.39, 0.29) is 23.1 Å². The van der Waals surface area contributed by atoms with Gasteiger partial charge < -0.3 is 14.4 Å². The highest BCUT2D eigenvalue weighted by Gasteiger charge is 2.36. The topological polar surface area (TPSA) is 110 Å². The van der Waals surface area contributed by atoms with E-state index in [0.717, 1.165) is 11.4 Å². The van der Waals surface area contributed by atoms with E-state index in [4.69, 9.17) is 4.52 Å². The zero-order valence-electron chi connectivity index (χ0n) is 18.4. The maximum atomic E-state index is 13.1. The normalized spacial score (nSPS) is 17.4. The van der Waals surface area contributed by atoms with Gasteiger partial charge in [0.05, 0.1) is 5.92 Å². The van der Waals surface area contributed by atoms with Gasteiger partial charge in [0, 0.05) is 37.7 Å². The van der Waals surface area contributed by atoms with Crippen LogP contribution in [0.15, 0.2) is 46.1 Å². The first-order chi connectivity index (χ1) is 15.3. The third kappa shape index (κ3) is 4.46. The average Bonchev–Trinajstić information content (AvgIpc) is 3.34. The summed E-state index contributed by atoms with van der Waals surface area (Å²) in [6.07, 6.45) is 4.95. The molecule has 1 saturated heterocycles. The summed E-state index contributed by atoms with van der Waals surface area (Å²) in [6.45, 7) is 6.36. The Balaban J connectivity index is 1.41. The van der Waals surface area contributed by atoms with Crippen molar-refractivity contribution in [2.45, 2.75) is 45.1 Å². The lowest BCUT2D eigenvalue weighted by Gasteiger charge is -2.31. The number of amides is 1. The molecular weight excluding hydrogens is 430 g/mol. The minimum absolute atomic E-state index is 0.0993. The smallest absolute Gasteiger partial charge is 0.248 e. The molecule has 0 spiro atoms. The molecule has 170 valence electrons. The number of nitrogens with one attached hydrogen (secondary N) is 1. The van der Waals surface area contributed by atoms with E-state index in [2.05, 4.69) is 15.5 Å². The van der Waals surface area contributed by atoms with Crippen LogP contribution in [0.25, 0.3) is 0 Å². The predicted octanol–water partition coefficient (Wildman–Crippen LogP) is 2.88. The van der Waals surface area contributed by atoms with Crippen LogP contribution in [0.2, 0.25) is 0 Å². The van der Waals surface area contributed by atoms with Crippen molar-refractivity contribution in [3.05, 3.63) is 59.5 Å². The number of carbonyl (C=O) groups is 1. The largest absolute Gasteiger partial charge is 0.360 e. The molecule has 32 heavy (non-hydrogen) atoms. The van der Waals surface area contributed by atoms with Crippen LogP contribution in [0.5, 0.6) is 0 Å². The summed E-state index contributed by atoms with van der Waals surface area (Å²) in [5.74, 6) is 0.602. The summed E-state index contributed by atoms with van der Waals surface area (Å²) < 4.78 is 34.6. The minimum atomic E-state index is -3.76. The van der Waals surface area contributed by atoms with Crippen LogP contribution < -0.4 is 5.32 Å². The molecule has 1 N–H and O–H groups in total. The van der Waals surface area contributed by atoms with Crippen molar-refractivity contribution in [2.75, 3.05) is 18.4 Å². The van der Waals surface area contributed by atoms with Gasteiger partial charge in [-0.05, 0) is 51.3 Å². The Labute approximate surface area is 187 Å². The zero-order chi connectivity index (χ0) is 22.9. The first kappa shape index (κ1) is 22.2. The van der Waals surface area contributed by atoms with Gasteiger partial charge >= 0.3 is 0 Å². The van der Waals surface area contributed by atoms with Gasteiger partial charge in [-0.25, -0.2) is 13.4 Å². The number of sulfonamides is 1. The molecule has 3 heterocycles. The van der Waals surface area contributed by atoms with E-state index in [1.165, 1.54) is 4.31 Å². The molecule has 0 saturated carbocycles. The Bertz CT molecular complexity index is 1190. The first-order valence-corrected chi connectivity index (χ1v) is 12.0. The molecule has 1 fully saturated rings. The highest BCUT2D eigenvalue weighted by molar-refractivity contribution is 7.89. The standard InChI is InChI=1S/C22H27N5O4S/c1-15-21(16(2)31-25-15)32(29,30)27-11-4-5-19(14-27)22(28)24-20-8-6-18(7-9-20)13-26-12-10-23-17(26)3/h6-10,12,19H,4-5,11,13-14H2,1-3H3,(H,24,28). The van der Waals surface area contributed by atoms with Crippen molar-refractivity contribution >= 4 is 21.6 Å². The van der Waals surface area contributed by atoms with Gasteiger partial charge in [0.2, 0.25) is 15.9 Å². The van der Waals surface area contributed by atoms with E-state index in [1.54, 1.807) is 20.0 Å². The lowest BCUT2D eigenvalue weighted by atomic mass is 9.98. The predicted molar refractivity (Wildman–Crippen MR) is 119 cm³/mol. The van der Waals surface area contributed by atoms with Crippen molar-refractivity contribution in [3.63, 3.8) is 0 Å². The Hall–Kier alpha value is -2.98. The highest BCUT2D eigenvalue weighted by Crippen LogP contribution is 2.28. The maximum Gasteiger partial charge on any atom is 0.248 e. The van der Waals surface area contributed by atoms with E-state index in [9.17, 15) is 13.2 Å². The van der Waals surface area contributed by atoms with Crippen LogP contribution in [0.3, 0.4) is 0 Å². The lowest BCUT2D eigenvalue weighted by Crippen LogP contribution is -2.43. The summed E-state index contributed by atoms with van der Waals surface area (Å²) in [7, 11) is -3.76. The zero-order valence-corrected chi connectivity index (χ0v) is 19.2. The first-order valence-electron chi connectivity index (χ1n) is 10.6. The average molecular weight is 458 g/mol. The SMILES string of the molecule is Cc1noc(C)c1S(=O)(=O)N1CCCC(C(=O)Nc2ccc(Cn3ccnc3C)cc2)C1. The number of aromatic nitrogens is 3. The van der Waals surface area contributed by atoms with Crippen molar-refractivity contribution < 1.29 is 17.7 Å². The van der Waals surface area contributed by atoms with Gasteiger partial charge in [-0.15, -0.1) is 0 Å². The van der Waals surface area contributed by atoms with Gasteiger partial charge in [0.1, 0.15) is 16.4 Å². The summed E-state index contributed by atoms with van der Waals surface area (Å²) in [5.41, 5.74) is 2.12. The fourth-order valence-corrected chi connectivity index (χ4v) is 5.87. The third-order valence-corrected chi connectivity index (χ3v) is 7.93. The van der Waals surface area contributed by atoms with E-state index < -0.39 is 15.9 Å². The molecule has 2 aromatic heterocycles. The Morgan fingerprint density at radius 2 is 1.97 bits per heavy atom. The lowest BCUT2D eigenvalue weighted by molar-refractivity contribution is -0.120. The second-order valence-corrected chi connectivity index (χ2v) is 10.0. The summed E-state index contributed by atoms with van der Waals surface area (Å²) in [4.78, 5) is 17.2. The van der Waals surface area contributed by atoms with Crippen molar-refractivity contribution in [1.82, 2.24) is 19.0 Å². The highest BCUT2D eigenvalue weighted by atomic mass is 32.2. The molecule has 1 amide bonds. The monoisotopic (exact) mass is 457 g/mol. The molecular formula is C22H27N5O4S. The fourth-order valence-electron chi connectivity index (χ4n) is 4.05. The summed E-state index contributed by atoms with van der Waals surface area (Å²) in [6, 6.07) is 7.65. The molecule has 10 heteroatoms. The van der Waals surface area contributed by atoms with Crippen molar-refractivity contribution in [2.24, 2.45) is 5.92 Å². The molecule has 4 rings (SSSR count). The van der Waals surface area contributed by atoms with Gasteiger partial charge in [-0.3, -0.25) is 4.79 Å². The Kier molecular flexibility index (Phi) is 6.16. The van der Waals surface area contributed by atoms with Crippen LogP contribution in [0.4, 0.5) is 5.69 Å². The number of hydrogen-bond acceptors (Lipinski definition) is 6. The van der Waals surface area contributed by atoms with Gasteiger partial charge in [-0.2, -0.15) is 4.31 Å². The number of piperidine rings is 1. The quantitative estimate of drug-likeness (QED) is 0.609. The number of benzene rings is 1.